The zero-order chi connectivity index (χ0) is 21.7. The van der Waals surface area contributed by atoms with E-state index in [1.807, 2.05) is 12.1 Å². The first-order valence-corrected chi connectivity index (χ1v) is 9.19. The quantitative estimate of drug-likeness (QED) is 0.483. The molecule has 0 spiro atoms. The summed E-state index contributed by atoms with van der Waals surface area (Å²) in [6.45, 7) is 1.79. The van der Waals surface area contributed by atoms with Gasteiger partial charge in [0, 0.05) is 12.0 Å². The molecule has 0 aliphatic rings. The number of rotatable bonds is 7. The van der Waals surface area contributed by atoms with Crippen LogP contribution in [0.3, 0.4) is 0 Å². The van der Waals surface area contributed by atoms with E-state index >= 15 is 0 Å². The lowest BCUT2D eigenvalue weighted by atomic mass is 10.1. The molecule has 1 aromatic heterocycles. The van der Waals surface area contributed by atoms with E-state index < -0.39 is 11.7 Å². The monoisotopic (exact) mass is 419 g/mol. The Bertz CT molecular complexity index is 1010. The van der Waals surface area contributed by atoms with Crippen molar-refractivity contribution in [1.82, 2.24) is 4.98 Å². The molecular weight excluding hydrogens is 399 g/mol. The van der Waals surface area contributed by atoms with Gasteiger partial charge < -0.3 is 13.9 Å². The molecule has 2 aromatic carbocycles. The van der Waals surface area contributed by atoms with Crippen LogP contribution in [0.25, 0.3) is 11.5 Å². The first-order chi connectivity index (χ1) is 14.3. The molecule has 0 atom stereocenters. The molecule has 5 nitrogen and oxygen atoms in total. The third-order valence-electron chi connectivity index (χ3n) is 4.47. The summed E-state index contributed by atoms with van der Waals surface area (Å²) >= 11 is 0. The number of alkyl halides is 3. The number of esters is 1. The maximum absolute atomic E-state index is 12.9. The van der Waals surface area contributed by atoms with E-state index in [0.29, 0.717) is 30.0 Å². The van der Waals surface area contributed by atoms with Crippen LogP contribution in [-0.4, -0.2) is 18.1 Å². The van der Waals surface area contributed by atoms with Gasteiger partial charge in [0.25, 0.3) is 0 Å². The van der Waals surface area contributed by atoms with Gasteiger partial charge in [-0.1, -0.05) is 18.2 Å². The van der Waals surface area contributed by atoms with Crippen LogP contribution in [0.4, 0.5) is 13.2 Å². The average molecular weight is 419 g/mol. The number of methoxy groups -OCH3 is 1. The number of nitrogens with zero attached hydrogens (tertiary/aromatic N) is 1. The molecule has 3 aromatic rings. The molecular formula is C22H20F3NO4. The van der Waals surface area contributed by atoms with Crippen LogP contribution in [0.2, 0.25) is 0 Å². The van der Waals surface area contributed by atoms with Gasteiger partial charge in [0.05, 0.1) is 18.4 Å². The molecule has 3 rings (SSSR count). The largest absolute Gasteiger partial charge is 0.486 e. The van der Waals surface area contributed by atoms with Crippen LogP contribution < -0.4 is 4.74 Å². The summed E-state index contributed by atoms with van der Waals surface area (Å²) in [7, 11) is 1.35. The van der Waals surface area contributed by atoms with Crippen molar-refractivity contribution < 1.29 is 31.9 Å². The molecule has 0 unspecified atom stereocenters. The third-order valence-corrected chi connectivity index (χ3v) is 4.47. The van der Waals surface area contributed by atoms with E-state index in [1.165, 1.54) is 19.2 Å². The second-order valence-electron chi connectivity index (χ2n) is 6.61. The Morgan fingerprint density at radius 2 is 1.87 bits per heavy atom. The van der Waals surface area contributed by atoms with Crippen LogP contribution in [-0.2, 0) is 28.7 Å². The van der Waals surface area contributed by atoms with E-state index in [0.717, 1.165) is 17.7 Å². The van der Waals surface area contributed by atoms with Gasteiger partial charge in [-0.25, -0.2) is 4.98 Å². The van der Waals surface area contributed by atoms with Gasteiger partial charge in [-0.3, -0.25) is 4.79 Å². The number of halogens is 3. The molecule has 1 heterocycles. The molecule has 0 radical (unpaired) electrons. The third kappa shape index (κ3) is 5.40. The van der Waals surface area contributed by atoms with Crippen LogP contribution in [0, 0.1) is 6.92 Å². The van der Waals surface area contributed by atoms with Gasteiger partial charge in [0.2, 0.25) is 5.89 Å². The van der Waals surface area contributed by atoms with E-state index in [1.54, 1.807) is 19.1 Å². The number of ether oxygens (including phenoxy) is 2. The second-order valence-corrected chi connectivity index (χ2v) is 6.61. The SMILES string of the molecule is COC(=O)CCc1ccc(OCc2oc(-c3cccc(C(F)(F)F)c3)nc2C)cc1. The van der Waals surface area contributed by atoms with Crippen molar-refractivity contribution in [1.29, 1.82) is 0 Å². The molecule has 30 heavy (non-hydrogen) atoms. The molecule has 0 aliphatic heterocycles. The van der Waals surface area contributed by atoms with E-state index in [-0.39, 0.29) is 24.0 Å². The Morgan fingerprint density at radius 1 is 1.13 bits per heavy atom. The first-order valence-electron chi connectivity index (χ1n) is 9.19. The minimum absolute atomic E-state index is 0.0826. The minimum Gasteiger partial charge on any atom is -0.486 e. The van der Waals surface area contributed by atoms with Gasteiger partial charge in [0.1, 0.15) is 12.4 Å². The smallest absolute Gasteiger partial charge is 0.416 e. The van der Waals surface area contributed by atoms with Crippen molar-refractivity contribution >= 4 is 5.97 Å². The maximum Gasteiger partial charge on any atom is 0.416 e. The van der Waals surface area contributed by atoms with Crippen LogP contribution in [0.1, 0.15) is 29.0 Å². The zero-order valence-electron chi connectivity index (χ0n) is 16.5. The predicted octanol–water partition coefficient (Wildman–Crippen LogP) is 5.35. The molecule has 0 fully saturated rings. The lowest BCUT2D eigenvalue weighted by Crippen LogP contribution is -2.04. The van der Waals surface area contributed by atoms with Crippen molar-refractivity contribution in [2.75, 3.05) is 7.11 Å². The summed E-state index contributed by atoms with van der Waals surface area (Å²) in [6.07, 6.45) is -3.58. The lowest BCUT2D eigenvalue weighted by Gasteiger charge is -2.07. The van der Waals surface area contributed by atoms with Crippen LogP contribution in [0.5, 0.6) is 5.75 Å². The number of carbonyl (C=O) groups excluding carboxylic acids is 1. The highest BCUT2D eigenvalue weighted by Crippen LogP contribution is 2.32. The van der Waals surface area contributed by atoms with E-state index in [4.69, 9.17) is 9.15 Å². The number of aryl methyl sites for hydroxylation is 2. The number of benzene rings is 2. The van der Waals surface area contributed by atoms with Gasteiger partial charge >= 0.3 is 12.1 Å². The van der Waals surface area contributed by atoms with Crippen molar-refractivity contribution in [2.45, 2.75) is 32.5 Å². The fourth-order valence-corrected chi connectivity index (χ4v) is 2.76. The molecule has 8 heteroatoms. The zero-order valence-corrected chi connectivity index (χ0v) is 16.5. The number of oxazole rings is 1. The van der Waals surface area contributed by atoms with Crippen molar-refractivity contribution in [3.63, 3.8) is 0 Å². The highest BCUT2D eigenvalue weighted by Gasteiger charge is 2.30. The van der Waals surface area contributed by atoms with Gasteiger partial charge in [-0.2, -0.15) is 13.2 Å². The molecule has 0 saturated carbocycles. The number of hydrogen-bond acceptors (Lipinski definition) is 5. The first kappa shape index (κ1) is 21.4. The average Bonchev–Trinajstić information content (AvgIpc) is 3.11. The Labute approximate surface area is 171 Å². The minimum atomic E-state index is -4.44. The molecule has 158 valence electrons. The Balaban J connectivity index is 1.65. The number of aromatic nitrogens is 1. The lowest BCUT2D eigenvalue weighted by molar-refractivity contribution is -0.140. The maximum atomic E-state index is 12.9. The van der Waals surface area contributed by atoms with E-state index in [9.17, 15) is 18.0 Å². The van der Waals surface area contributed by atoms with Crippen molar-refractivity contribution in [2.24, 2.45) is 0 Å². The Morgan fingerprint density at radius 3 is 2.53 bits per heavy atom. The fraction of sp³-hybridized carbons (Fsp3) is 0.273. The van der Waals surface area contributed by atoms with Gasteiger partial charge in [-0.15, -0.1) is 0 Å². The Hall–Kier alpha value is -3.29. The number of carbonyl (C=O) groups is 1. The summed E-state index contributed by atoms with van der Waals surface area (Å²) in [5.41, 5.74) is 0.989. The number of hydrogen-bond donors (Lipinski definition) is 0. The Kier molecular flexibility index (Phi) is 6.44. The highest BCUT2D eigenvalue weighted by molar-refractivity contribution is 5.69. The topological polar surface area (TPSA) is 61.6 Å². The van der Waals surface area contributed by atoms with Crippen LogP contribution in [0.15, 0.2) is 52.9 Å². The molecule has 0 saturated heterocycles. The molecule has 0 aliphatic carbocycles. The van der Waals surface area contributed by atoms with Crippen LogP contribution >= 0.6 is 0 Å². The fourth-order valence-electron chi connectivity index (χ4n) is 2.76. The highest BCUT2D eigenvalue weighted by atomic mass is 19.4. The molecule has 0 bridgehead atoms. The van der Waals surface area contributed by atoms with Gasteiger partial charge in [0.15, 0.2) is 5.76 Å². The summed E-state index contributed by atoms with van der Waals surface area (Å²) in [6, 6.07) is 12.1. The van der Waals surface area contributed by atoms with Crippen molar-refractivity contribution in [3.05, 3.63) is 71.1 Å². The summed E-state index contributed by atoms with van der Waals surface area (Å²) in [5, 5.41) is 0. The summed E-state index contributed by atoms with van der Waals surface area (Å²) in [4.78, 5) is 15.4. The standard InChI is InChI=1S/C22H20F3NO4/c1-14-19(13-29-18-9-6-15(7-10-18)8-11-20(27)28-2)30-21(26-14)16-4-3-5-17(12-16)22(23,24)25/h3-7,9-10,12H,8,11,13H2,1-2H3. The van der Waals surface area contributed by atoms with Crippen molar-refractivity contribution in [3.8, 4) is 17.2 Å². The summed E-state index contributed by atoms with van der Waals surface area (Å²) < 4.78 is 54.7. The predicted molar refractivity (Wildman–Crippen MR) is 103 cm³/mol. The van der Waals surface area contributed by atoms with Gasteiger partial charge in [-0.05, 0) is 49.2 Å². The van der Waals surface area contributed by atoms with E-state index in [2.05, 4.69) is 9.72 Å². The second kappa shape index (κ2) is 9.02. The normalized spacial score (nSPS) is 11.4. The molecule has 0 N–H and O–H groups in total. The summed E-state index contributed by atoms with van der Waals surface area (Å²) in [5.74, 6) is 0.855. The molecule has 0 amide bonds.